The molecule has 0 atom stereocenters. The van der Waals surface area contributed by atoms with Gasteiger partial charge in [0.25, 0.3) is 0 Å². The molecule has 2 aliphatic rings. The Bertz CT molecular complexity index is 1470. The topological polar surface area (TPSA) is 109 Å². The van der Waals surface area contributed by atoms with E-state index in [4.69, 9.17) is 14.2 Å². The van der Waals surface area contributed by atoms with Gasteiger partial charge in [-0.2, -0.15) is 0 Å². The largest absolute Gasteiger partial charge is 0.492 e. The molecular weight excluding hydrogens is 510 g/mol. The van der Waals surface area contributed by atoms with E-state index in [1.807, 2.05) is 37.3 Å². The number of carbonyl (C=O) groups is 2. The number of hydrogen-bond acceptors (Lipinski definition) is 9. The number of aryl methyl sites for hydroxylation is 1. The Hall–Kier alpha value is -4.15. The fourth-order valence-electron chi connectivity index (χ4n) is 4.67. The number of rotatable bonds is 9. The molecule has 0 bridgehead atoms. The minimum Gasteiger partial charge on any atom is -0.492 e. The summed E-state index contributed by atoms with van der Waals surface area (Å²) in [6, 6.07) is 9.34. The molecule has 2 aromatic heterocycles. The Labute approximate surface area is 233 Å². The van der Waals surface area contributed by atoms with Crippen LogP contribution in [0.25, 0.3) is 17.1 Å². The van der Waals surface area contributed by atoms with Gasteiger partial charge < -0.3 is 29.4 Å². The van der Waals surface area contributed by atoms with Crippen molar-refractivity contribution in [3.8, 4) is 5.75 Å². The first-order chi connectivity index (χ1) is 19.3. The summed E-state index contributed by atoms with van der Waals surface area (Å²) in [5, 5.41) is 3.97. The van der Waals surface area contributed by atoms with Gasteiger partial charge in [0.15, 0.2) is 11.3 Å². The van der Waals surface area contributed by atoms with Crippen molar-refractivity contribution < 1.29 is 23.8 Å². The fraction of sp³-hybridized carbons (Fsp3) is 0.367. The van der Waals surface area contributed by atoms with Crippen molar-refractivity contribution in [3.63, 3.8) is 0 Å². The Morgan fingerprint density at radius 3 is 2.77 bits per heavy atom. The lowest BCUT2D eigenvalue weighted by atomic mass is 10.1. The highest BCUT2D eigenvalue weighted by molar-refractivity contribution is 6.27. The Morgan fingerprint density at radius 1 is 1.23 bits per heavy atom. The molecule has 10 nitrogen and oxygen atoms in total. The van der Waals surface area contributed by atoms with E-state index in [0.29, 0.717) is 17.9 Å². The van der Waals surface area contributed by atoms with Gasteiger partial charge in [-0.25, -0.2) is 9.78 Å². The molecular formula is C30H35N5O5. The molecule has 2 N–H and O–H groups in total. The van der Waals surface area contributed by atoms with Crippen molar-refractivity contribution in [1.82, 2.24) is 19.8 Å². The number of Topliss-reactive ketones (excluding diaryl/α,β-unsaturated/α-hetero) is 1. The molecule has 1 aromatic carbocycles. The number of allylic oxidation sites excluding steroid dienone is 1. The van der Waals surface area contributed by atoms with Gasteiger partial charge in [0, 0.05) is 61.8 Å². The normalized spacial score (nSPS) is 17.6. The third kappa shape index (κ3) is 6.19. The summed E-state index contributed by atoms with van der Waals surface area (Å²) in [4.78, 5) is 38.4. The number of nitrogens with one attached hydrogen (secondary N) is 2. The summed E-state index contributed by atoms with van der Waals surface area (Å²) in [6.45, 7) is 11.1. The van der Waals surface area contributed by atoms with Gasteiger partial charge in [0.1, 0.15) is 18.0 Å². The number of hydrogen-bond donors (Lipinski definition) is 2. The number of pyridine rings is 1. The molecule has 10 heteroatoms. The van der Waals surface area contributed by atoms with Crippen LogP contribution in [-0.4, -0.2) is 84.0 Å². The van der Waals surface area contributed by atoms with Gasteiger partial charge in [0.2, 0.25) is 11.7 Å². The van der Waals surface area contributed by atoms with Gasteiger partial charge in [-0.05, 0) is 69.8 Å². The van der Waals surface area contributed by atoms with Crippen molar-refractivity contribution in [3.05, 3.63) is 71.1 Å². The maximum absolute atomic E-state index is 13.4. The monoisotopic (exact) mass is 545 g/mol. The minimum atomic E-state index is -0.743. The molecule has 5 rings (SSSR count). The first kappa shape index (κ1) is 27.4. The molecule has 40 heavy (non-hydrogen) atoms. The standard InChI is InChI=1S/C30H35N5O5/c1-19(2)39-30(37)26-27(36)25(17-21-18-32-28-23(21)6-5-9-31-28)40-29(26)33-24-8-7-22(16-20(24)3)38-15-14-35-12-10-34(4)11-13-35/h5-9,16-19,33H,10-15H2,1-4H3,(H,31,32)/b25-17-. The van der Waals surface area contributed by atoms with E-state index in [0.717, 1.165) is 55.0 Å². The molecule has 0 amide bonds. The molecule has 0 spiro atoms. The molecule has 0 saturated carbocycles. The van der Waals surface area contributed by atoms with Crippen molar-refractivity contribution in [2.45, 2.75) is 26.9 Å². The van der Waals surface area contributed by atoms with Crippen molar-refractivity contribution in [2.75, 3.05) is 51.7 Å². The Morgan fingerprint density at radius 2 is 2.02 bits per heavy atom. The van der Waals surface area contributed by atoms with Gasteiger partial charge in [-0.3, -0.25) is 9.69 Å². The van der Waals surface area contributed by atoms with Gasteiger partial charge in [-0.1, -0.05) is 0 Å². The van der Waals surface area contributed by atoms with E-state index in [-0.39, 0.29) is 17.2 Å². The van der Waals surface area contributed by atoms with Gasteiger partial charge >= 0.3 is 5.97 Å². The zero-order valence-electron chi connectivity index (χ0n) is 23.3. The number of fused-ring (bicyclic) bond motifs is 1. The zero-order chi connectivity index (χ0) is 28.2. The summed E-state index contributed by atoms with van der Waals surface area (Å²) in [7, 11) is 2.14. The maximum atomic E-state index is 13.4. The number of H-pyrrole nitrogens is 1. The minimum absolute atomic E-state index is 0.0180. The molecule has 1 fully saturated rings. The van der Waals surface area contributed by atoms with Crippen LogP contribution in [0.1, 0.15) is 25.0 Å². The molecule has 210 valence electrons. The van der Waals surface area contributed by atoms with E-state index in [1.165, 1.54) is 0 Å². The number of ether oxygens (including phenoxy) is 3. The second-order valence-corrected chi connectivity index (χ2v) is 10.3. The number of anilines is 1. The van der Waals surface area contributed by atoms with Crippen LogP contribution in [0.4, 0.5) is 5.69 Å². The fourth-order valence-corrected chi connectivity index (χ4v) is 4.67. The van der Waals surface area contributed by atoms with Gasteiger partial charge in [-0.15, -0.1) is 0 Å². The van der Waals surface area contributed by atoms with Crippen molar-refractivity contribution in [2.24, 2.45) is 0 Å². The summed E-state index contributed by atoms with van der Waals surface area (Å²) < 4.78 is 17.3. The number of benzene rings is 1. The smallest absolute Gasteiger partial charge is 0.348 e. The number of carbonyl (C=O) groups excluding carboxylic acids is 2. The highest BCUT2D eigenvalue weighted by atomic mass is 16.5. The lowest BCUT2D eigenvalue weighted by Crippen LogP contribution is -2.45. The molecule has 0 unspecified atom stereocenters. The summed E-state index contributed by atoms with van der Waals surface area (Å²) in [5.41, 5.74) is 2.79. The van der Waals surface area contributed by atoms with Gasteiger partial charge in [0.05, 0.1) is 6.10 Å². The molecule has 1 saturated heterocycles. The van der Waals surface area contributed by atoms with Crippen LogP contribution < -0.4 is 10.1 Å². The van der Waals surface area contributed by atoms with E-state index < -0.39 is 17.9 Å². The number of esters is 1. The lowest BCUT2D eigenvalue weighted by molar-refractivity contribution is -0.143. The van der Waals surface area contributed by atoms with Crippen LogP contribution in [0.3, 0.4) is 0 Å². The molecule has 0 aliphatic carbocycles. The van der Waals surface area contributed by atoms with E-state index in [2.05, 4.69) is 32.1 Å². The summed E-state index contributed by atoms with van der Waals surface area (Å²) in [6.07, 6.45) is 4.63. The average Bonchev–Trinajstić information content (AvgIpc) is 3.47. The van der Waals surface area contributed by atoms with Crippen LogP contribution >= 0.6 is 0 Å². The maximum Gasteiger partial charge on any atom is 0.348 e. The highest BCUT2D eigenvalue weighted by Gasteiger charge is 2.37. The van der Waals surface area contributed by atoms with Crippen LogP contribution in [0.5, 0.6) is 5.75 Å². The highest BCUT2D eigenvalue weighted by Crippen LogP contribution is 2.32. The number of ketones is 1. The van der Waals surface area contributed by atoms with Crippen LogP contribution in [0.2, 0.25) is 0 Å². The number of piperazine rings is 1. The first-order valence-electron chi connectivity index (χ1n) is 13.5. The summed E-state index contributed by atoms with van der Waals surface area (Å²) in [5.74, 6) is -0.486. The number of aromatic amines is 1. The molecule has 0 radical (unpaired) electrons. The average molecular weight is 546 g/mol. The van der Waals surface area contributed by atoms with E-state index in [9.17, 15) is 9.59 Å². The van der Waals surface area contributed by atoms with E-state index in [1.54, 1.807) is 32.3 Å². The predicted octanol–water partition coefficient (Wildman–Crippen LogP) is 3.71. The molecule has 2 aliphatic heterocycles. The van der Waals surface area contributed by atoms with E-state index >= 15 is 0 Å². The second kappa shape index (κ2) is 11.9. The molecule has 4 heterocycles. The quantitative estimate of drug-likeness (QED) is 0.236. The Kier molecular flexibility index (Phi) is 8.18. The van der Waals surface area contributed by atoms with Crippen molar-refractivity contribution in [1.29, 1.82) is 0 Å². The predicted molar refractivity (Wildman–Crippen MR) is 153 cm³/mol. The third-order valence-corrected chi connectivity index (χ3v) is 6.92. The van der Waals surface area contributed by atoms with Crippen LogP contribution in [0.15, 0.2) is 59.9 Å². The van der Waals surface area contributed by atoms with Crippen molar-refractivity contribution >= 4 is 34.5 Å². The number of likely N-dealkylation sites (N-methyl/N-ethyl adjacent to an activating group) is 1. The van der Waals surface area contributed by atoms with Crippen LogP contribution in [-0.2, 0) is 19.1 Å². The van der Waals surface area contributed by atoms with Crippen LogP contribution in [0, 0.1) is 6.92 Å². The lowest BCUT2D eigenvalue weighted by Gasteiger charge is -2.32. The first-order valence-corrected chi connectivity index (χ1v) is 13.5. The second-order valence-electron chi connectivity index (χ2n) is 10.3. The summed E-state index contributed by atoms with van der Waals surface area (Å²) >= 11 is 0. The third-order valence-electron chi connectivity index (χ3n) is 6.92. The Balaban J connectivity index is 1.32. The zero-order valence-corrected chi connectivity index (χ0v) is 23.3. The SMILES string of the molecule is Cc1cc(OCCN2CCN(C)CC2)ccc1NC1=C(C(=O)OC(C)C)C(=O)/C(=C/c2c[nH]c3ncccc23)O1. The number of nitrogens with zero attached hydrogens (tertiary/aromatic N) is 3. The molecule has 3 aromatic rings. The number of aromatic nitrogens is 2.